The minimum absolute atomic E-state index is 0.0883. The molecule has 3 rings (SSSR count). The maximum atomic E-state index is 12.3. The van der Waals surface area contributed by atoms with Gasteiger partial charge in [-0.2, -0.15) is 0 Å². The second-order valence-corrected chi connectivity index (χ2v) is 5.61. The molecule has 5 heteroatoms. The Hall–Kier alpha value is -2.17. The van der Waals surface area contributed by atoms with Gasteiger partial charge in [0.05, 0.1) is 6.54 Å². The van der Waals surface area contributed by atoms with E-state index in [0.29, 0.717) is 13.1 Å². The highest BCUT2D eigenvalue weighted by Gasteiger charge is 2.38. The molecular formula is C16H18N2O3. The van der Waals surface area contributed by atoms with Crippen molar-refractivity contribution in [1.29, 1.82) is 0 Å². The quantitative estimate of drug-likeness (QED) is 0.776. The summed E-state index contributed by atoms with van der Waals surface area (Å²) in [5.41, 5.74) is 0.808. The predicted octanol–water partition coefficient (Wildman–Crippen LogP) is 1.01. The molecule has 0 bridgehead atoms. The highest BCUT2D eigenvalue weighted by Crippen LogP contribution is 2.31. The maximum Gasteiger partial charge on any atom is 0.243 e. The molecule has 1 aliphatic carbocycles. The Bertz CT molecular complexity index is 554. The van der Waals surface area contributed by atoms with Gasteiger partial charge in [0, 0.05) is 19.0 Å². The number of amides is 2. The van der Waals surface area contributed by atoms with E-state index in [9.17, 15) is 14.4 Å². The lowest BCUT2D eigenvalue weighted by molar-refractivity contribution is -0.148. The number of aldehydes is 1. The molecule has 1 unspecified atom stereocenters. The Morgan fingerprint density at radius 2 is 1.90 bits per heavy atom. The van der Waals surface area contributed by atoms with Crippen molar-refractivity contribution in [2.75, 3.05) is 19.6 Å². The standard InChI is InChI=1S/C16H18N2O3/c19-11-14(12-4-2-1-3-5-12)18-9-8-17(10-15(18)20)16(21)13-6-7-13/h1-5,11,13-14H,6-10H2. The van der Waals surface area contributed by atoms with Crippen LogP contribution in [0.15, 0.2) is 30.3 Å². The summed E-state index contributed by atoms with van der Waals surface area (Å²) in [7, 11) is 0. The number of hydrogen-bond acceptors (Lipinski definition) is 3. The minimum Gasteiger partial charge on any atom is -0.331 e. The third kappa shape index (κ3) is 2.82. The molecule has 1 aliphatic heterocycles. The average Bonchev–Trinajstić information content (AvgIpc) is 3.34. The maximum absolute atomic E-state index is 12.3. The summed E-state index contributed by atoms with van der Waals surface area (Å²) in [6, 6.07) is 8.70. The Kier molecular flexibility index (Phi) is 3.73. The second-order valence-electron chi connectivity index (χ2n) is 5.61. The molecule has 5 nitrogen and oxygen atoms in total. The van der Waals surface area contributed by atoms with E-state index < -0.39 is 6.04 Å². The van der Waals surface area contributed by atoms with E-state index in [1.165, 1.54) is 0 Å². The molecule has 21 heavy (non-hydrogen) atoms. The molecule has 1 saturated carbocycles. The summed E-state index contributed by atoms with van der Waals surface area (Å²) in [6.45, 7) is 1.01. The van der Waals surface area contributed by atoms with Gasteiger partial charge in [-0.1, -0.05) is 30.3 Å². The predicted molar refractivity (Wildman–Crippen MR) is 76.3 cm³/mol. The lowest BCUT2D eigenvalue weighted by Crippen LogP contribution is -2.53. The number of piperazine rings is 1. The number of nitrogens with zero attached hydrogens (tertiary/aromatic N) is 2. The highest BCUT2D eigenvalue weighted by atomic mass is 16.2. The number of carbonyl (C=O) groups excluding carboxylic acids is 3. The van der Waals surface area contributed by atoms with Crippen molar-refractivity contribution in [3.63, 3.8) is 0 Å². The number of carbonyl (C=O) groups is 3. The molecule has 1 saturated heterocycles. The Balaban J connectivity index is 1.70. The minimum atomic E-state index is -0.558. The molecule has 0 N–H and O–H groups in total. The summed E-state index contributed by atoms with van der Waals surface area (Å²) in [4.78, 5) is 38.9. The second kappa shape index (κ2) is 5.68. The summed E-state index contributed by atoms with van der Waals surface area (Å²) in [5.74, 6) is 0.0573. The Labute approximate surface area is 123 Å². The van der Waals surface area contributed by atoms with Gasteiger partial charge in [-0.05, 0) is 18.4 Å². The fourth-order valence-electron chi connectivity index (χ4n) is 2.74. The van der Waals surface area contributed by atoms with Gasteiger partial charge in [0.2, 0.25) is 11.8 Å². The van der Waals surface area contributed by atoms with Crippen LogP contribution < -0.4 is 0 Å². The summed E-state index contributed by atoms with van der Waals surface area (Å²) >= 11 is 0. The zero-order valence-corrected chi connectivity index (χ0v) is 11.8. The molecule has 0 radical (unpaired) electrons. The molecule has 1 heterocycles. The van der Waals surface area contributed by atoms with Crippen molar-refractivity contribution in [2.45, 2.75) is 18.9 Å². The largest absolute Gasteiger partial charge is 0.331 e. The fraction of sp³-hybridized carbons (Fsp3) is 0.438. The van der Waals surface area contributed by atoms with Gasteiger partial charge < -0.3 is 14.6 Å². The SMILES string of the molecule is O=CC(c1ccccc1)N1CCN(C(=O)C2CC2)CC1=O. The van der Waals surface area contributed by atoms with Crippen LogP contribution in [0.25, 0.3) is 0 Å². The zero-order valence-electron chi connectivity index (χ0n) is 11.8. The van der Waals surface area contributed by atoms with Crippen molar-refractivity contribution in [2.24, 2.45) is 5.92 Å². The van der Waals surface area contributed by atoms with E-state index in [4.69, 9.17) is 0 Å². The summed E-state index contributed by atoms with van der Waals surface area (Å²) in [5, 5.41) is 0. The zero-order chi connectivity index (χ0) is 14.8. The first kappa shape index (κ1) is 13.8. The summed E-state index contributed by atoms with van der Waals surface area (Å²) < 4.78 is 0. The number of benzene rings is 1. The molecule has 0 aromatic heterocycles. The van der Waals surface area contributed by atoms with Gasteiger partial charge in [-0.15, -0.1) is 0 Å². The molecule has 1 aromatic rings. The van der Waals surface area contributed by atoms with E-state index in [-0.39, 0.29) is 24.3 Å². The lowest BCUT2D eigenvalue weighted by Gasteiger charge is -2.37. The number of hydrogen-bond donors (Lipinski definition) is 0. The van der Waals surface area contributed by atoms with Gasteiger partial charge in [-0.25, -0.2) is 0 Å². The van der Waals surface area contributed by atoms with Crippen LogP contribution >= 0.6 is 0 Å². The molecule has 2 amide bonds. The topological polar surface area (TPSA) is 57.7 Å². The van der Waals surface area contributed by atoms with Crippen molar-refractivity contribution in [1.82, 2.24) is 9.80 Å². The van der Waals surface area contributed by atoms with Crippen molar-refractivity contribution < 1.29 is 14.4 Å². The van der Waals surface area contributed by atoms with Gasteiger partial charge in [0.15, 0.2) is 0 Å². The van der Waals surface area contributed by atoms with E-state index in [1.807, 2.05) is 30.3 Å². The van der Waals surface area contributed by atoms with Crippen LogP contribution in [-0.2, 0) is 14.4 Å². The van der Waals surface area contributed by atoms with Gasteiger partial charge in [-0.3, -0.25) is 9.59 Å². The smallest absolute Gasteiger partial charge is 0.243 e. The third-order valence-corrected chi connectivity index (χ3v) is 4.10. The molecule has 0 spiro atoms. The third-order valence-electron chi connectivity index (χ3n) is 4.10. The Morgan fingerprint density at radius 3 is 2.48 bits per heavy atom. The molecule has 110 valence electrons. The highest BCUT2D eigenvalue weighted by molar-refractivity contribution is 5.89. The molecular weight excluding hydrogens is 268 g/mol. The van der Waals surface area contributed by atoms with E-state index in [1.54, 1.807) is 9.80 Å². The first-order valence-corrected chi connectivity index (χ1v) is 7.29. The van der Waals surface area contributed by atoms with Crippen LogP contribution in [0, 0.1) is 5.92 Å². The van der Waals surface area contributed by atoms with Crippen LogP contribution in [0.1, 0.15) is 24.4 Å². The van der Waals surface area contributed by atoms with Gasteiger partial charge >= 0.3 is 0 Å². The van der Waals surface area contributed by atoms with E-state index >= 15 is 0 Å². The molecule has 2 fully saturated rings. The van der Waals surface area contributed by atoms with Gasteiger partial charge in [0.25, 0.3) is 0 Å². The number of rotatable bonds is 4. The molecule has 1 atom stereocenters. The van der Waals surface area contributed by atoms with Crippen LogP contribution in [0.3, 0.4) is 0 Å². The summed E-state index contributed by atoms with van der Waals surface area (Å²) in [6.07, 6.45) is 2.67. The Morgan fingerprint density at radius 1 is 1.19 bits per heavy atom. The first-order chi connectivity index (χ1) is 10.2. The van der Waals surface area contributed by atoms with Crippen molar-refractivity contribution >= 4 is 18.1 Å². The van der Waals surface area contributed by atoms with Crippen molar-refractivity contribution in [3.05, 3.63) is 35.9 Å². The van der Waals surface area contributed by atoms with E-state index in [2.05, 4.69) is 0 Å². The first-order valence-electron chi connectivity index (χ1n) is 7.29. The van der Waals surface area contributed by atoms with Crippen molar-refractivity contribution in [3.8, 4) is 0 Å². The lowest BCUT2D eigenvalue weighted by atomic mass is 10.1. The van der Waals surface area contributed by atoms with Crippen LogP contribution in [-0.4, -0.2) is 47.5 Å². The molecule has 1 aromatic carbocycles. The normalized spacial score (nSPS) is 20.3. The van der Waals surface area contributed by atoms with Crippen LogP contribution in [0.2, 0.25) is 0 Å². The van der Waals surface area contributed by atoms with Crippen LogP contribution in [0.4, 0.5) is 0 Å². The monoisotopic (exact) mass is 286 g/mol. The van der Waals surface area contributed by atoms with Crippen LogP contribution in [0.5, 0.6) is 0 Å². The van der Waals surface area contributed by atoms with E-state index in [0.717, 1.165) is 24.7 Å². The fourth-order valence-corrected chi connectivity index (χ4v) is 2.74. The molecule has 2 aliphatic rings. The van der Waals surface area contributed by atoms with Gasteiger partial charge in [0.1, 0.15) is 12.3 Å². The average molecular weight is 286 g/mol.